The van der Waals surface area contributed by atoms with E-state index in [4.69, 9.17) is 0 Å². The number of aryl methyl sites for hydroxylation is 1. The second-order valence-electron chi connectivity index (χ2n) is 8.00. The Morgan fingerprint density at radius 1 is 1.09 bits per heavy atom. The molecule has 1 aromatic heterocycles. The van der Waals surface area contributed by atoms with Crippen molar-refractivity contribution in [3.63, 3.8) is 0 Å². The summed E-state index contributed by atoms with van der Waals surface area (Å²) >= 11 is 0. The zero-order valence-electron chi connectivity index (χ0n) is 18.0. The lowest BCUT2D eigenvalue weighted by Crippen LogP contribution is -2.44. The van der Waals surface area contributed by atoms with Gasteiger partial charge in [-0.3, -0.25) is 4.79 Å². The van der Waals surface area contributed by atoms with Crippen molar-refractivity contribution in [3.8, 4) is 0 Å². The van der Waals surface area contributed by atoms with Crippen molar-refractivity contribution in [2.75, 3.05) is 13.1 Å². The summed E-state index contributed by atoms with van der Waals surface area (Å²) in [5, 5.41) is 3.06. The van der Waals surface area contributed by atoms with Crippen LogP contribution in [0.5, 0.6) is 0 Å². The summed E-state index contributed by atoms with van der Waals surface area (Å²) in [6.45, 7) is 0.218. The highest BCUT2D eigenvalue weighted by molar-refractivity contribution is 7.89. The molecule has 1 aliphatic heterocycles. The predicted octanol–water partition coefficient (Wildman–Crippen LogP) is 3.00. The van der Waals surface area contributed by atoms with Gasteiger partial charge < -0.3 is 9.88 Å². The van der Waals surface area contributed by atoms with E-state index in [2.05, 4.69) is 10.3 Å². The lowest BCUT2D eigenvalue weighted by atomic mass is 9.96. The van der Waals surface area contributed by atoms with Gasteiger partial charge in [-0.2, -0.15) is 4.31 Å². The summed E-state index contributed by atoms with van der Waals surface area (Å²) in [4.78, 5) is 17.2. The number of hydrogen-bond donors (Lipinski definition) is 1. The third-order valence-electron chi connectivity index (χ3n) is 5.89. The predicted molar refractivity (Wildman–Crippen MR) is 117 cm³/mol. The van der Waals surface area contributed by atoms with E-state index in [9.17, 15) is 22.0 Å². The van der Waals surface area contributed by atoms with E-state index in [0.717, 1.165) is 17.7 Å². The van der Waals surface area contributed by atoms with Crippen LogP contribution in [0, 0.1) is 17.6 Å². The van der Waals surface area contributed by atoms with Gasteiger partial charge in [0.05, 0.1) is 4.90 Å². The van der Waals surface area contributed by atoms with Crippen LogP contribution in [0.1, 0.15) is 30.3 Å². The molecule has 1 atom stereocenters. The zero-order chi connectivity index (χ0) is 23.6. The molecule has 0 bridgehead atoms. The van der Waals surface area contributed by atoms with E-state index in [-0.39, 0.29) is 29.8 Å². The topological polar surface area (TPSA) is 84.3 Å². The molecule has 2 heterocycles. The van der Waals surface area contributed by atoms with Crippen molar-refractivity contribution >= 4 is 15.9 Å². The van der Waals surface area contributed by atoms with Gasteiger partial charge in [0.1, 0.15) is 11.9 Å². The molecule has 0 aliphatic carbocycles. The molecule has 0 saturated carbocycles. The van der Waals surface area contributed by atoms with E-state index in [1.165, 1.54) is 4.31 Å². The zero-order valence-corrected chi connectivity index (χ0v) is 18.8. The Bertz CT molecular complexity index is 1240. The number of amides is 1. The van der Waals surface area contributed by atoms with Gasteiger partial charge in [-0.1, -0.05) is 30.3 Å². The van der Waals surface area contributed by atoms with Crippen molar-refractivity contribution in [1.82, 2.24) is 19.2 Å². The quantitative estimate of drug-likeness (QED) is 0.595. The largest absolute Gasteiger partial charge is 0.342 e. The number of nitrogens with zero attached hydrogens (tertiary/aromatic N) is 3. The molecule has 1 saturated heterocycles. The highest BCUT2D eigenvalue weighted by Gasteiger charge is 2.33. The monoisotopic (exact) mass is 474 g/mol. The molecule has 1 fully saturated rings. The number of halogens is 2. The molecule has 33 heavy (non-hydrogen) atoms. The van der Waals surface area contributed by atoms with Crippen molar-refractivity contribution in [2.24, 2.45) is 13.0 Å². The summed E-state index contributed by atoms with van der Waals surface area (Å²) in [6.07, 6.45) is 4.10. The first-order valence-corrected chi connectivity index (χ1v) is 12.0. The normalized spacial score (nSPS) is 16.5. The minimum absolute atomic E-state index is 0.109. The summed E-state index contributed by atoms with van der Waals surface area (Å²) in [6, 6.07) is 11.6. The van der Waals surface area contributed by atoms with Crippen LogP contribution in [0.3, 0.4) is 0 Å². The molecule has 174 valence electrons. The highest BCUT2D eigenvalue weighted by Crippen LogP contribution is 2.27. The van der Waals surface area contributed by atoms with Gasteiger partial charge in [0.15, 0.2) is 11.6 Å². The molecule has 1 N–H and O–H groups in total. The van der Waals surface area contributed by atoms with Crippen molar-refractivity contribution < 1.29 is 22.0 Å². The maximum atomic E-state index is 13.5. The molecule has 1 unspecified atom stereocenters. The number of aromatic nitrogens is 2. The van der Waals surface area contributed by atoms with Crippen LogP contribution in [0.15, 0.2) is 65.8 Å². The van der Waals surface area contributed by atoms with Crippen LogP contribution in [-0.2, 0) is 21.9 Å². The fourth-order valence-electron chi connectivity index (χ4n) is 4.00. The van der Waals surface area contributed by atoms with Gasteiger partial charge in [-0.05, 0) is 36.6 Å². The van der Waals surface area contributed by atoms with Crippen LogP contribution in [0.25, 0.3) is 0 Å². The molecule has 1 aliphatic rings. The van der Waals surface area contributed by atoms with Gasteiger partial charge in [0.2, 0.25) is 15.9 Å². The maximum absolute atomic E-state index is 13.5. The molecule has 10 heteroatoms. The molecule has 7 nitrogen and oxygen atoms in total. The van der Waals surface area contributed by atoms with Crippen LogP contribution in [0.4, 0.5) is 8.78 Å². The van der Waals surface area contributed by atoms with Gasteiger partial charge in [-0.25, -0.2) is 22.2 Å². The van der Waals surface area contributed by atoms with E-state index in [1.54, 1.807) is 12.4 Å². The summed E-state index contributed by atoms with van der Waals surface area (Å²) in [7, 11) is -2.12. The Morgan fingerprint density at radius 2 is 1.79 bits per heavy atom. The standard InChI is InChI=1S/C23H24F2N4O3S/c1-28-14-11-26-22(28)21(16-5-3-2-4-6-16)27-23(30)17-9-12-29(13-10-17)33(31,32)18-7-8-19(24)20(25)15-18/h2-8,11,14-15,17,21H,9-10,12-13H2,1H3,(H,27,30). The summed E-state index contributed by atoms with van der Waals surface area (Å²) < 4.78 is 55.4. The summed E-state index contributed by atoms with van der Waals surface area (Å²) in [5.74, 6) is -2.20. The number of rotatable bonds is 6. The number of carbonyl (C=O) groups excluding carboxylic acids is 1. The number of sulfonamides is 1. The summed E-state index contributed by atoms with van der Waals surface area (Å²) in [5.41, 5.74) is 0.888. The fourth-order valence-corrected chi connectivity index (χ4v) is 5.48. The number of piperidine rings is 1. The number of hydrogen-bond acceptors (Lipinski definition) is 4. The average Bonchev–Trinajstić information content (AvgIpc) is 3.25. The van der Waals surface area contributed by atoms with Crippen LogP contribution >= 0.6 is 0 Å². The molecule has 0 spiro atoms. The van der Waals surface area contributed by atoms with Gasteiger partial charge >= 0.3 is 0 Å². The van der Waals surface area contributed by atoms with Gasteiger partial charge in [0, 0.05) is 38.4 Å². The number of carbonyl (C=O) groups is 1. The third-order valence-corrected chi connectivity index (χ3v) is 7.78. The fraction of sp³-hybridized carbons (Fsp3) is 0.304. The number of benzene rings is 2. The minimum atomic E-state index is -3.98. The molecule has 3 aromatic rings. The molecule has 1 amide bonds. The van der Waals surface area contributed by atoms with E-state index < -0.39 is 27.7 Å². The van der Waals surface area contributed by atoms with Crippen molar-refractivity contribution in [2.45, 2.75) is 23.8 Å². The maximum Gasteiger partial charge on any atom is 0.243 e. The molecule has 0 radical (unpaired) electrons. The molecule has 2 aromatic carbocycles. The highest BCUT2D eigenvalue weighted by atomic mass is 32.2. The van der Waals surface area contributed by atoms with Gasteiger partial charge in [-0.15, -0.1) is 0 Å². The van der Waals surface area contributed by atoms with Crippen LogP contribution < -0.4 is 5.32 Å². The Labute approximate surface area is 191 Å². The Morgan fingerprint density at radius 3 is 2.39 bits per heavy atom. The Hall–Kier alpha value is -3.11. The van der Waals surface area contributed by atoms with Crippen molar-refractivity contribution in [1.29, 1.82) is 0 Å². The first-order chi connectivity index (χ1) is 15.8. The smallest absolute Gasteiger partial charge is 0.243 e. The lowest BCUT2D eigenvalue weighted by molar-refractivity contribution is -0.126. The first kappa shape index (κ1) is 23.1. The van der Waals surface area contributed by atoms with Crippen LogP contribution in [-0.4, -0.2) is 41.3 Å². The lowest BCUT2D eigenvalue weighted by Gasteiger charge is -2.31. The average molecular weight is 475 g/mol. The minimum Gasteiger partial charge on any atom is -0.342 e. The third kappa shape index (κ3) is 4.81. The molecular formula is C23H24F2N4O3S. The Kier molecular flexibility index (Phi) is 6.57. The number of nitrogens with one attached hydrogen (secondary N) is 1. The molecular weight excluding hydrogens is 450 g/mol. The molecule has 4 rings (SSSR count). The second kappa shape index (κ2) is 9.40. The Balaban J connectivity index is 1.45. The first-order valence-electron chi connectivity index (χ1n) is 10.5. The second-order valence-corrected chi connectivity index (χ2v) is 9.94. The van der Waals surface area contributed by atoms with E-state index in [1.807, 2.05) is 41.9 Å². The number of imidazole rings is 1. The van der Waals surface area contributed by atoms with Crippen molar-refractivity contribution in [3.05, 3.63) is 83.9 Å². The van der Waals surface area contributed by atoms with Gasteiger partial charge in [0.25, 0.3) is 0 Å². The van der Waals surface area contributed by atoms with Crippen LogP contribution in [0.2, 0.25) is 0 Å². The SMILES string of the molecule is Cn1ccnc1C(NC(=O)C1CCN(S(=O)(=O)c2ccc(F)c(F)c2)CC1)c1ccccc1. The van der Waals surface area contributed by atoms with E-state index >= 15 is 0 Å². The van der Waals surface area contributed by atoms with E-state index in [0.29, 0.717) is 24.7 Å².